The topological polar surface area (TPSA) is 29.5 Å². The summed E-state index contributed by atoms with van der Waals surface area (Å²) in [5.74, 6) is 0.0857. The molecule has 0 aliphatic rings. The van der Waals surface area contributed by atoms with E-state index in [0.717, 1.165) is 11.1 Å². The molecule has 0 bridgehead atoms. The Morgan fingerprint density at radius 2 is 1.62 bits per heavy atom. The largest absolute Gasteiger partial charge is 0.435 e. The van der Waals surface area contributed by atoms with Crippen LogP contribution in [-0.2, 0) is 17.8 Å². The highest BCUT2D eigenvalue weighted by atomic mass is 19.3. The summed E-state index contributed by atoms with van der Waals surface area (Å²) in [7, 11) is 0. The number of hydrogen-bond donors (Lipinski definition) is 0. The molecule has 0 saturated heterocycles. The molecule has 0 aliphatic carbocycles. The maximum atomic E-state index is 12.6. The van der Waals surface area contributed by atoms with Crippen LogP contribution in [0.15, 0.2) is 54.6 Å². The Morgan fingerprint density at radius 3 is 2.17 bits per heavy atom. The predicted molar refractivity (Wildman–Crippen MR) is 88.9 cm³/mol. The van der Waals surface area contributed by atoms with E-state index in [9.17, 15) is 13.6 Å². The van der Waals surface area contributed by atoms with E-state index in [1.807, 2.05) is 44.2 Å². The van der Waals surface area contributed by atoms with Crippen molar-refractivity contribution in [3.8, 4) is 5.75 Å². The van der Waals surface area contributed by atoms with Crippen LogP contribution in [0, 0.1) is 0 Å². The van der Waals surface area contributed by atoms with Crippen LogP contribution in [0.5, 0.6) is 5.75 Å². The quantitative estimate of drug-likeness (QED) is 0.757. The number of hydrogen-bond acceptors (Lipinski definition) is 2. The van der Waals surface area contributed by atoms with Crippen LogP contribution in [0.4, 0.5) is 8.78 Å². The molecule has 0 aliphatic heterocycles. The van der Waals surface area contributed by atoms with Gasteiger partial charge in [0.2, 0.25) is 5.91 Å². The van der Waals surface area contributed by atoms with E-state index < -0.39 is 6.61 Å². The molecule has 2 aromatic rings. The third-order valence-corrected chi connectivity index (χ3v) is 3.64. The summed E-state index contributed by atoms with van der Waals surface area (Å²) in [6.07, 6.45) is 0.222. The van der Waals surface area contributed by atoms with E-state index in [0.29, 0.717) is 6.54 Å². The van der Waals surface area contributed by atoms with Gasteiger partial charge in [-0.25, -0.2) is 0 Å². The Morgan fingerprint density at radius 1 is 1.00 bits per heavy atom. The molecular weight excluding hydrogens is 312 g/mol. The zero-order valence-electron chi connectivity index (χ0n) is 13.8. The van der Waals surface area contributed by atoms with Gasteiger partial charge in [-0.05, 0) is 37.1 Å². The Bertz CT molecular complexity index is 642. The van der Waals surface area contributed by atoms with Gasteiger partial charge < -0.3 is 9.64 Å². The Kier molecular flexibility index (Phi) is 6.29. The van der Waals surface area contributed by atoms with Gasteiger partial charge >= 0.3 is 6.61 Å². The first-order chi connectivity index (χ1) is 11.5. The van der Waals surface area contributed by atoms with Gasteiger partial charge in [-0.1, -0.05) is 42.5 Å². The first-order valence-electron chi connectivity index (χ1n) is 7.83. The van der Waals surface area contributed by atoms with Crippen LogP contribution < -0.4 is 4.74 Å². The second-order valence-corrected chi connectivity index (χ2v) is 5.80. The molecule has 0 N–H and O–H groups in total. The second kappa shape index (κ2) is 8.43. The van der Waals surface area contributed by atoms with Crippen LogP contribution in [0.2, 0.25) is 0 Å². The van der Waals surface area contributed by atoms with Crippen LogP contribution in [0.25, 0.3) is 0 Å². The first-order valence-corrected chi connectivity index (χ1v) is 7.83. The van der Waals surface area contributed by atoms with Crippen molar-refractivity contribution in [2.24, 2.45) is 0 Å². The van der Waals surface area contributed by atoms with Crippen LogP contribution in [-0.4, -0.2) is 23.5 Å². The molecule has 0 aromatic heterocycles. The molecule has 0 unspecified atom stereocenters. The van der Waals surface area contributed by atoms with Crippen molar-refractivity contribution in [1.29, 1.82) is 0 Å². The van der Waals surface area contributed by atoms with Crippen molar-refractivity contribution < 1.29 is 18.3 Å². The smallest absolute Gasteiger partial charge is 0.387 e. The summed E-state index contributed by atoms with van der Waals surface area (Å²) in [4.78, 5) is 14.4. The molecular formula is C19H21F2NO2. The van der Waals surface area contributed by atoms with Gasteiger partial charge in [0, 0.05) is 12.6 Å². The molecule has 128 valence electrons. The van der Waals surface area contributed by atoms with E-state index in [4.69, 9.17) is 0 Å². The highest BCUT2D eigenvalue weighted by molar-refractivity contribution is 5.79. The maximum Gasteiger partial charge on any atom is 0.387 e. The minimum Gasteiger partial charge on any atom is -0.435 e. The van der Waals surface area contributed by atoms with Crippen LogP contribution in [0.1, 0.15) is 25.0 Å². The number of alkyl halides is 2. The number of amides is 1. The lowest BCUT2D eigenvalue weighted by Crippen LogP contribution is -2.37. The highest BCUT2D eigenvalue weighted by Crippen LogP contribution is 2.17. The van der Waals surface area contributed by atoms with Crippen LogP contribution in [0.3, 0.4) is 0 Å². The fraction of sp³-hybridized carbons (Fsp3) is 0.316. The van der Waals surface area contributed by atoms with Crippen molar-refractivity contribution in [3.05, 3.63) is 65.7 Å². The Hall–Kier alpha value is -2.43. The van der Waals surface area contributed by atoms with E-state index in [1.54, 1.807) is 17.0 Å². The van der Waals surface area contributed by atoms with Gasteiger partial charge in [0.15, 0.2) is 0 Å². The fourth-order valence-corrected chi connectivity index (χ4v) is 2.40. The number of carbonyl (C=O) groups is 1. The monoisotopic (exact) mass is 333 g/mol. The third-order valence-electron chi connectivity index (χ3n) is 3.64. The lowest BCUT2D eigenvalue weighted by molar-refractivity contribution is -0.132. The van der Waals surface area contributed by atoms with Crippen molar-refractivity contribution in [1.82, 2.24) is 4.90 Å². The zero-order chi connectivity index (χ0) is 17.5. The van der Waals surface area contributed by atoms with E-state index in [-0.39, 0.29) is 24.1 Å². The second-order valence-electron chi connectivity index (χ2n) is 5.80. The normalized spacial score (nSPS) is 10.9. The fourth-order valence-electron chi connectivity index (χ4n) is 2.40. The van der Waals surface area contributed by atoms with Gasteiger partial charge in [0.05, 0.1) is 6.42 Å². The van der Waals surface area contributed by atoms with Crippen molar-refractivity contribution >= 4 is 5.91 Å². The number of rotatable bonds is 7. The van der Waals surface area contributed by atoms with Gasteiger partial charge in [-0.2, -0.15) is 8.78 Å². The molecule has 0 fully saturated rings. The number of nitrogens with zero attached hydrogens (tertiary/aromatic N) is 1. The Labute approximate surface area is 140 Å². The van der Waals surface area contributed by atoms with Crippen molar-refractivity contribution in [2.75, 3.05) is 0 Å². The minimum atomic E-state index is -2.85. The number of halogens is 2. The molecule has 24 heavy (non-hydrogen) atoms. The summed E-state index contributed by atoms with van der Waals surface area (Å²) in [5.41, 5.74) is 1.83. The van der Waals surface area contributed by atoms with E-state index in [2.05, 4.69) is 4.74 Å². The molecule has 5 heteroatoms. The zero-order valence-corrected chi connectivity index (χ0v) is 13.8. The number of carbonyl (C=O) groups excluding carboxylic acids is 1. The molecule has 3 nitrogen and oxygen atoms in total. The first kappa shape index (κ1) is 17.9. The lowest BCUT2D eigenvalue weighted by Gasteiger charge is -2.27. The minimum absolute atomic E-state index is 0.00335. The summed E-state index contributed by atoms with van der Waals surface area (Å²) < 4.78 is 28.6. The summed E-state index contributed by atoms with van der Waals surface area (Å²) in [5, 5.41) is 0. The average Bonchev–Trinajstić information content (AvgIpc) is 2.54. The SMILES string of the molecule is CC(C)N(Cc1ccccc1)C(=O)Cc1ccc(OC(F)F)cc1. The van der Waals surface area contributed by atoms with Crippen LogP contribution >= 0.6 is 0 Å². The third kappa shape index (κ3) is 5.33. The molecule has 2 rings (SSSR count). The van der Waals surface area contributed by atoms with E-state index in [1.165, 1.54) is 12.1 Å². The highest BCUT2D eigenvalue weighted by Gasteiger charge is 2.17. The molecule has 0 atom stereocenters. The molecule has 0 saturated carbocycles. The average molecular weight is 333 g/mol. The standard InChI is InChI=1S/C19H21F2NO2/c1-14(2)22(13-16-6-4-3-5-7-16)18(23)12-15-8-10-17(11-9-15)24-19(20)21/h3-11,14,19H,12-13H2,1-2H3. The van der Waals surface area contributed by atoms with Crippen molar-refractivity contribution in [3.63, 3.8) is 0 Å². The summed E-state index contributed by atoms with van der Waals surface area (Å²) in [6, 6.07) is 16.0. The molecule has 0 spiro atoms. The number of ether oxygens (including phenoxy) is 1. The molecule has 1 amide bonds. The maximum absolute atomic E-state index is 12.6. The predicted octanol–water partition coefficient (Wildman–Crippen LogP) is 4.27. The Balaban J connectivity index is 2.02. The lowest BCUT2D eigenvalue weighted by atomic mass is 10.1. The van der Waals surface area contributed by atoms with Gasteiger partial charge in [-0.3, -0.25) is 4.79 Å². The van der Waals surface area contributed by atoms with Gasteiger partial charge in [0.1, 0.15) is 5.75 Å². The molecule has 2 aromatic carbocycles. The molecule has 0 radical (unpaired) electrons. The number of benzene rings is 2. The summed E-state index contributed by atoms with van der Waals surface area (Å²) in [6.45, 7) is 1.64. The van der Waals surface area contributed by atoms with Gasteiger partial charge in [0.25, 0.3) is 0 Å². The van der Waals surface area contributed by atoms with Gasteiger partial charge in [-0.15, -0.1) is 0 Å². The summed E-state index contributed by atoms with van der Waals surface area (Å²) >= 11 is 0. The van der Waals surface area contributed by atoms with E-state index >= 15 is 0 Å². The molecule has 0 heterocycles. The van der Waals surface area contributed by atoms with Crippen molar-refractivity contribution in [2.45, 2.75) is 39.5 Å².